The Morgan fingerprint density at radius 2 is 1.62 bits per heavy atom. The molecular weight excluding hydrogens is 368 g/mol. The number of benzene rings is 1. The van der Waals surface area contributed by atoms with Crippen molar-refractivity contribution in [3.63, 3.8) is 0 Å². The Hall–Kier alpha value is -2.15. The molecule has 1 aromatic rings. The van der Waals surface area contributed by atoms with Crippen molar-refractivity contribution in [2.75, 3.05) is 54.6 Å². The summed E-state index contributed by atoms with van der Waals surface area (Å²) in [6, 6.07) is 3.76. The molecule has 1 aliphatic rings. The third-order valence-corrected chi connectivity index (χ3v) is 5.61. The van der Waals surface area contributed by atoms with E-state index in [4.69, 9.17) is 14.2 Å². The van der Waals surface area contributed by atoms with Gasteiger partial charge in [0.05, 0.1) is 21.3 Å². The molecule has 0 amide bonds. The molecule has 0 radical (unpaired) electrons. The Balaban J connectivity index is 1.91. The molecule has 0 saturated carbocycles. The maximum atomic E-state index is 5.53. The summed E-state index contributed by atoms with van der Waals surface area (Å²) in [7, 11) is 6.76. The summed E-state index contributed by atoms with van der Waals surface area (Å²) in [6.07, 6.45) is 4.68. The first-order chi connectivity index (χ1) is 13.9. The first-order valence-corrected chi connectivity index (χ1v) is 10.4. The van der Waals surface area contributed by atoms with E-state index >= 15 is 0 Å². The molecule has 0 aromatic heterocycles. The lowest BCUT2D eigenvalue weighted by Gasteiger charge is -2.41. The van der Waals surface area contributed by atoms with Crippen LogP contribution in [0.1, 0.15) is 38.7 Å². The van der Waals surface area contributed by atoms with Gasteiger partial charge in [0.25, 0.3) is 0 Å². The monoisotopic (exact) mass is 406 g/mol. The summed E-state index contributed by atoms with van der Waals surface area (Å²) < 4.78 is 16.4. The Labute approximate surface area is 175 Å². The van der Waals surface area contributed by atoms with E-state index in [-0.39, 0.29) is 5.54 Å². The van der Waals surface area contributed by atoms with Crippen molar-refractivity contribution in [3.05, 3.63) is 17.7 Å². The first kappa shape index (κ1) is 23.1. The zero-order valence-corrected chi connectivity index (χ0v) is 18.9. The number of nitrogens with zero attached hydrogens (tertiary/aromatic N) is 2. The molecule has 1 fully saturated rings. The Morgan fingerprint density at radius 3 is 2.14 bits per heavy atom. The van der Waals surface area contributed by atoms with Gasteiger partial charge in [-0.1, -0.05) is 6.42 Å². The number of guanidine groups is 1. The van der Waals surface area contributed by atoms with Gasteiger partial charge in [0.15, 0.2) is 5.96 Å². The third-order valence-electron chi connectivity index (χ3n) is 5.61. The standard InChI is InChI=1S/C22H38N4O3/c1-22(2,26-12-8-7-9-13-26)16-25-21(23-3)24-11-10-18-19(28-5)14-17(27-4)15-20(18)29-6/h14-15H,7-13,16H2,1-6H3,(H2,23,24,25). The SMILES string of the molecule is CN=C(NCCc1c(OC)cc(OC)cc1OC)NCC(C)(C)N1CCCCC1. The number of ether oxygens (including phenoxy) is 3. The molecule has 164 valence electrons. The molecule has 0 spiro atoms. The number of likely N-dealkylation sites (tertiary alicyclic amines) is 1. The van der Waals surface area contributed by atoms with Crippen LogP contribution in [0.3, 0.4) is 0 Å². The van der Waals surface area contributed by atoms with Crippen molar-refractivity contribution in [1.29, 1.82) is 0 Å². The summed E-state index contributed by atoms with van der Waals surface area (Å²) in [4.78, 5) is 6.95. The van der Waals surface area contributed by atoms with E-state index in [1.807, 2.05) is 12.1 Å². The van der Waals surface area contributed by atoms with Crippen molar-refractivity contribution < 1.29 is 14.2 Å². The minimum absolute atomic E-state index is 0.0977. The molecule has 1 aromatic carbocycles. The van der Waals surface area contributed by atoms with Crippen LogP contribution >= 0.6 is 0 Å². The molecule has 1 heterocycles. The fourth-order valence-corrected chi connectivity index (χ4v) is 3.76. The van der Waals surface area contributed by atoms with Crippen LogP contribution in [0.4, 0.5) is 0 Å². The van der Waals surface area contributed by atoms with E-state index in [2.05, 4.69) is 34.4 Å². The fraction of sp³-hybridized carbons (Fsp3) is 0.682. The van der Waals surface area contributed by atoms with Gasteiger partial charge in [-0.3, -0.25) is 9.89 Å². The van der Waals surface area contributed by atoms with Gasteiger partial charge in [0, 0.05) is 43.4 Å². The number of methoxy groups -OCH3 is 3. The van der Waals surface area contributed by atoms with Gasteiger partial charge in [0.1, 0.15) is 17.2 Å². The van der Waals surface area contributed by atoms with Crippen LogP contribution in [-0.4, -0.2) is 71.0 Å². The van der Waals surface area contributed by atoms with E-state index in [0.717, 1.165) is 36.0 Å². The second-order valence-electron chi connectivity index (χ2n) is 7.97. The number of nitrogens with one attached hydrogen (secondary N) is 2. The van der Waals surface area contributed by atoms with Crippen LogP contribution in [-0.2, 0) is 6.42 Å². The van der Waals surface area contributed by atoms with Gasteiger partial charge in [-0.25, -0.2) is 0 Å². The number of rotatable bonds is 9. The molecule has 2 rings (SSSR count). The second kappa shape index (κ2) is 11.1. The number of aliphatic imine (C=N–C) groups is 1. The predicted molar refractivity (Wildman–Crippen MR) is 119 cm³/mol. The van der Waals surface area contributed by atoms with Crippen LogP contribution in [0, 0.1) is 0 Å². The molecule has 29 heavy (non-hydrogen) atoms. The molecule has 7 heteroatoms. The highest BCUT2D eigenvalue weighted by molar-refractivity contribution is 5.79. The normalized spacial score (nSPS) is 15.7. The Bertz CT molecular complexity index is 645. The van der Waals surface area contributed by atoms with Gasteiger partial charge in [0.2, 0.25) is 0 Å². The van der Waals surface area contributed by atoms with E-state index in [0.29, 0.717) is 12.3 Å². The maximum Gasteiger partial charge on any atom is 0.191 e. The molecule has 0 bridgehead atoms. The Morgan fingerprint density at radius 1 is 1.00 bits per heavy atom. The highest BCUT2D eigenvalue weighted by atomic mass is 16.5. The zero-order chi connectivity index (χ0) is 21.3. The van der Waals surface area contributed by atoms with E-state index in [1.165, 1.54) is 32.4 Å². The lowest BCUT2D eigenvalue weighted by Crippen LogP contribution is -2.55. The highest BCUT2D eigenvalue weighted by Gasteiger charge is 2.27. The fourth-order valence-electron chi connectivity index (χ4n) is 3.76. The van der Waals surface area contributed by atoms with Crippen LogP contribution in [0.25, 0.3) is 0 Å². The van der Waals surface area contributed by atoms with Crippen molar-refractivity contribution in [2.45, 2.75) is 45.1 Å². The van der Waals surface area contributed by atoms with Crippen molar-refractivity contribution >= 4 is 5.96 Å². The first-order valence-electron chi connectivity index (χ1n) is 10.4. The lowest BCUT2D eigenvalue weighted by molar-refractivity contribution is 0.0982. The summed E-state index contributed by atoms with van der Waals surface area (Å²) >= 11 is 0. The van der Waals surface area contributed by atoms with E-state index in [1.54, 1.807) is 28.4 Å². The topological polar surface area (TPSA) is 67.4 Å². The number of hydrogen-bond donors (Lipinski definition) is 2. The van der Waals surface area contributed by atoms with Crippen molar-refractivity contribution in [2.24, 2.45) is 4.99 Å². The van der Waals surface area contributed by atoms with Gasteiger partial charge in [-0.05, 0) is 46.2 Å². The van der Waals surface area contributed by atoms with Crippen LogP contribution in [0.5, 0.6) is 17.2 Å². The minimum Gasteiger partial charge on any atom is -0.496 e. The van der Waals surface area contributed by atoms with Gasteiger partial charge in [-0.15, -0.1) is 0 Å². The smallest absolute Gasteiger partial charge is 0.191 e. The summed E-state index contributed by atoms with van der Waals surface area (Å²) in [6.45, 7) is 8.51. The average molecular weight is 407 g/mol. The molecule has 2 N–H and O–H groups in total. The molecule has 0 unspecified atom stereocenters. The quantitative estimate of drug-likeness (QED) is 0.486. The summed E-state index contributed by atoms with van der Waals surface area (Å²) in [5, 5.41) is 6.89. The molecular formula is C22H38N4O3. The maximum absolute atomic E-state index is 5.53. The lowest BCUT2D eigenvalue weighted by atomic mass is 9.98. The van der Waals surface area contributed by atoms with E-state index < -0.39 is 0 Å². The van der Waals surface area contributed by atoms with Crippen molar-refractivity contribution in [1.82, 2.24) is 15.5 Å². The molecule has 7 nitrogen and oxygen atoms in total. The molecule has 0 aliphatic carbocycles. The Kier molecular flexibility index (Phi) is 8.89. The summed E-state index contributed by atoms with van der Waals surface area (Å²) in [5.74, 6) is 3.05. The van der Waals surface area contributed by atoms with Gasteiger partial charge < -0.3 is 24.8 Å². The largest absolute Gasteiger partial charge is 0.496 e. The predicted octanol–water partition coefficient (Wildman–Crippen LogP) is 2.68. The molecule has 1 saturated heterocycles. The highest BCUT2D eigenvalue weighted by Crippen LogP contribution is 2.34. The van der Waals surface area contributed by atoms with Gasteiger partial charge >= 0.3 is 0 Å². The second-order valence-corrected chi connectivity index (χ2v) is 7.97. The number of piperidine rings is 1. The minimum atomic E-state index is 0.0977. The molecule has 0 atom stereocenters. The third kappa shape index (κ3) is 6.42. The number of hydrogen-bond acceptors (Lipinski definition) is 5. The molecule has 1 aliphatic heterocycles. The van der Waals surface area contributed by atoms with Crippen LogP contribution in [0.2, 0.25) is 0 Å². The van der Waals surface area contributed by atoms with E-state index in [9.17, 15) is 0 Å². The zero-order valence-electron chi connectivity index (χ0n) is 18.9. The van der Waals surface area contributed by atoms with Crippen LogP contribution < -0.4 is 24.8 Å². The van der Waals surface area contributed by atoms with Crippen molar-refractivity contribution in [3.8, 4) is 17.2 Å². The average Bonchev–Trinajstić information content (AvgIpc) is 2.76. The van der Waals surface area contributed by atoms with Gasteiger partial charge in [-0.2, -0.15) is 0 Å². The summed E-state index contributed by atoms with van der Waals surface area (Å²) in [5.41, 5.74) is 1.10. The van der Waals surface area contributed by atoms with Crippen LogP contribution in [0.15, 0.2) is 17.1 Å².